The fraction of sp³-hybridized carbons (Fsp3) is 0.471. The van der Waals surface area contributed by atoms with Gasteiger partial charge in [-0.05, 0) is 56.4 Å². The van der Waals surface area contributed by atoms with E-state index in [2.05, 4.69) is 16.7 Å². The van der Waals surface area contributed by atoms with Crippen LogP contribution in [0.3, 0.4) is 0 Å². The van der Waals surface area contributed by atoms with Crippen molar-refractivity contribution >= 4 is 21.7 Å². The maximum atomic E-state index is 12.4. The first-order chi connectivity index (χ1) is 11.5. The molecule has 2 aliphatic carbocycles. The summed E-state index contributed by atoms with van der Waals surface area (Å²) >= 11 is 0. The van der Waals surface area contributed by atoms with Gasteiger partial charge in [0.1, 0.15) is 0 Å². The standard InChI is InChI=1S/C17H23N3O3S/c1-20(15-9-10-15)24(22,23)16-11-7-14(8-12-16)19-17(21)18-13-5-3-2-4-6-13/h3,5,7-8,11-13,15H,2,4,6,9-10H2,1H3,(H2,18,19,21)/t13-/m0/s1. The van der Waals surface area contributed by atoms with Crippen LogP contribution in [-0.4, -0.2) is 37.9 Å². The highest BCUT2D eigenvalue weighted by Gasteiger charge is 2.34. The van der Waals surface area contributed by atoms with Gasteiger partial charge in [0.05, 0.1) is 4.90 Å². The first-order valence-corrected chi connectivity index (χ1v) is 9.73. The summed E-state index contributed by atoms with van der Waals surface area (Å²) in [5.41, 5.74) is 0.570. The summed E-state index contributed by atoms with van der Waals surface area (Å²) < 4.78 is 26.3. The van der Waals surface area contributed by atoms with E-state index in [-0.39, 0.29) is 23.0 Å². The Kier molecular flexibility index (Phi) is 4.91. The van der Waals surface area contributed by atoms with Gasteiger partial charge < -0.3 is 10.6 Å². The lowest BCUT2D eigenvalue weighted by Gasteiger charge is -2.19. The second kappa shape index (κ2) is 6.94. The quantitative estimate of drug-likeness (QED) is 0.802. The van der Waals surface area contributed by atoms with Crippen molar-refractivity contribution in [2.75, 3.05) is 12.4 Å². The van der Waals surface area contributed by atoms with Crippen LogP contribution in [0.5, 0.6) is 0 Å². The van der Waals surface area contributed by atoms with Crippen molar-refractivity contribution in [1.29, 1.82) is 0 Å². The molecule has 1 saturated carbocycles. The lowest BCUT2D eigenvalue weighted by molar-refractivity contribution is 0.249. The van der Waals surface area contributed by atoms with Gasteiger partial charge in [0, 0.05) is 24.8 Å². The molecule has 0 aliphatic heterocycles. The van der Waals surface area contributed by atoms with Crippen LogP contribution in [-0.2, 0) is 10.0 Å². The summed E-state index contributed by atoms with van der Waals surface area (Å²) in [4.78, 5) is 12.2. The molecule has 1 fully saturated rings. The summed E-state index contributed by atoms with van der Waals surface area (Å²) in [5.74, 6) is 0. The number of nitrogens with zero attached hydrogens (tertiary/aromatic N) is 1. The van der Waals surface area contributed by atoms with E-state index in [9.17, 15) is 13.2 Å². The van der Waals surface area contributed by atoms with E-state index < -0.39 is 10.0 Å². The Balaban J connectivity index is 1.60. The number of carbonyl (C=O) groups is 1. The second-order valence-corrected chi connectivity index (χ2v) is 8.34. The van der Waals surface area contributed by atoms with Crippen LogP contribution in [0.4, 0.5) is 10.5 Å². The van der Waals surface area contributed by atoms with Gasteiger partial charge in [-0.3, -0.25) is 0 Å². The molecule has 0 heterocycles. The summed E-state index contributed by atoms with van der Waals surface area (Å²) in [6.45, 7) is 0. The molecule has 7 heteroatoms. The average molecular weight is 349 g/mol. The van der Waals surface area contributed by atoms with Crippen molar-refractivity contribution in [2.24, 2.45) is 0 Å². The Morgan fingerprint density at radius 1 is 1.17 bits per heavy atom. The summed E-state index contributed by atoms with van der Waals surface area (Å²) in [5, 5.41) is 5.63. The normalized spacial score (nSPS) is 20.8. The molecule has 0 radical (unpaired) electrons. The molecule has 6 nitrogen and oxygen atoms in total. The zero-order valence-corrected chi connectivity index (χ0v) is 14.6. The smallest absolute Gasteiger partial charge is 0.319 e. The van der Waals surface area contributed by atoms with E-state index in [1.165, 1.54) is 16.4 Å². The van der Waals surface area contributed by atoms with E-state index in [0.717, 1.165) is 32.1 Å². The molecule has 1 aromatic carbocycles. The highest BCUT2D eigenvalue weighted by Crippen LogP contribution is 2.30. The molecule has 1 atom stereocenters. The Morgan fingerprint density at radius 3 is 2.46 bits per heavy atom. The van der Waals surface area contributed by atoms with Gasteiger partial charge in [-0.25, -0.2) is 13.2 Å². The van der Waals surface area contributed by atoms with Crippen molar-refractivity contribution in [3.63, 3.8) is 0 Å². The molecule has 0 bridgehead atoms. The van der Waals surface area contributed by atoms with E-state index in [1.54, 1.807) is 19.2 Å². The molecule has 2 aliphatic rings. The first-order valence-electron chi connectivity index (χ1n) is 8.29. The fourth-order valence-corrected chi connectivity index (χ4v) is 4.19. The third-order valence-corrected chi connectivity index (χ3v) is 6.35. The number of hydrogen-bond donors (Lipinski definition) is 2. The Morgan fingerprint density at radius 2 is 1.88 bits per heavy atom. The Labute approximate surface area is 143 Å². The number of hydrogen-bond acceptors (Lipinski definition) is 3. The number of carbonyl (C=O) groups excluding carboxylic acids is 1. The second-order valence-electron chi connectivity index (χ2n) is 6.34. The predicted molar refractivity (Wildman–Crippen MR) is 93.3 cm³/mol. The van der Waals surface area contributed by atoms with Gasteiger partial charge in [0.25, 0.3) is 0 Å². The lowest BCUT2D eigenvalue weighted by Crippen LogP contribution is -2.37. The van der Waals surface area contributed by atoms with Crippen LogP contribution >= 0.6 is 0 Å². The molecule has 2 amide bonds. The summed E-state index contributed by atoms with van der Waals surface area (Å²) in [6, 6.07) is 6.20. The predicted octanol–water partition coefficient (Wildman–Crippen LogP) is 2.70. The van der Waals surface area contributed by atoms with Crippen LogP contribution in [0.15, 0.2) is 41.3 Å². The highest BCUT2D eigenvalue weighted by molar-refractivity contribution is 7.89. The van der Waals surface area contributed by atoms with Gasteiger partial charge in [-0.2, -0.15) is 4.31 Å². The molecule has 130 valence electrons. The van der Waals surface area contributed by atoms with Gasteiger partial charge in [0.2, 0.25) is 10.0 Å². The van der Waals surface area contributed by atoms with Gasteiger partial charge in [-0.1, -0.05) is 12.2 Å². The molecule has 1 aromatic rings. The molecular formula is C17H23N3O3S. The molecule has 2 N–H and O–H groups in total. The fourth-order valence-electron chi connectivity index (χ4n) is 2.78. The number of anilines is 1. The Bertz CT molecular complexity index is 724. The van der Waals surface area contributed by atoms with E-state index in [0.29, 0.717) is 5.69 Å². The average Bonchev–Trinajstić information content (AvgIpc) is 3.40. The minimum atomic E-state index is -3.45. The van der Waals surface area contributed by atoms with Crippen molar-refractivity contribution < 1.29 is 13.2 Å². The largest absolute Gasteiger partial charge is 0.332 e. The minimum absolute atomic E-state index is 0.0607. The molecule has 0 saturated heterocycles. The summed E-state index contributed by atoms with van der Waals surface area (Å²) in [7, 11) is -1.83. The van der Waals surface area contributed by atoms with Crippen LogP contribution in [0, 0.1) is 0 Å². The number of urea groups is 1. The third-order valence-electron chi connectivity index (χ3n) is 4.42. The molecule has 0 aromatic heterocycles. The molecule has 0 unspecified atom stereocenters. The number of amides is 2. The minimum Gasteiger partial charge on any atom is -0.332 e. The molecular weight excluding hydrogens is 326 g/mol. The van der Waals surface area contributed by atoms with E-state index in [1.807, 2.05) is 6.08 Å². The van der Waals surface area contributed by atoms with Gasteiger partial charge >= 0.3 is 6.03 Å². The molecule has 0 spiro atoms. The van der Waals surface area contributed by atoms with E-state index >= 15 is 0 Å². The van der Waals surface area contributed by atoms with Crippen molar-refractivity contribution in [3.05, 3.63) is 36.4 Å². The SMILES string of the molecule is CN(C1CC1)S(=O)(=O)c1ccc(NC(=O)N[C@H]2C=CCCC2)cc1. The zero-order chi connectivity index (χ0) is 17.2. The number of allylic oxidation sites excluding steroid dienone is 1. The van der Waals surface area contributed by atoms with Gasteiger partial charge in [0.15, 0.2) is 0 Å². The molecule has 3 rings (SSSR count). The van der Waals surface area contributed by atoms with Gasteiger partial charge in [-0.15, -0.1) is 0 Å². The highest BCUT2D eigenvalue weighted by atomic mass is 32.2. The maximum Gasteiger partial charge on any atom is 0.319 e. The van der Waals surface area contributed by atoms with Crippen molar-refractivity contribution in [2.45, 2.75) is 49.1 Å². The van der Waals surface area contributed by atoms with Crippen molar-refractivity contribution in [3.8, 4) is 0 Å². The Hall–Kier alpha value is -1.86. The van der Waals surface area contributed by atoms with Crippen LogP contribution in [0.1, 0.15) is 32.1 Å². The van der Waals surface area contributed by atoms with Crippen LogP contribution in [0.25, 0.3) is 0 Å². The monoisotopic (exact) mass is 349 g/mol. The first kappa shape index (κ1) is 17.0. The summed E-state index contributed by atoms with van der Waals surface area (Å²) in [6.07, 6.45) is 9.00. The lowest BCUT2D eigenvalue weighted by atomic mass is 10.0. The number of nitrogens with one attached hydrogen (secondary N) is 2. The maximum absolute atomic E-state index is 12.4. The number of rotatable bonds is 5. The topological polar surface area (TPSA) is 78.5 Å². The van der Waals surface area contributed by atoms with Crippen LogP contribution < -0.4 is 10.6 Å². The zero-order valence-electron chi connectivity index (χ0n) is 13.7. The van der Waals surface area contributed by atoms with E-state index in [4.69, 9.17) is 0 Å². The third kappa shape index (κ3) is 3.96. The number of benzene rings is 1. The van der Waals surface area contributed by atoms with Crippen LogP contribution in [0.2, 0.25) is 0 Å². The number of sulfonamides is 1. The molecule has 24 heavy (non-hydrogen) atoms. The van der Waals surface area contributed by atoms with Crippen molar-refractivity contribution in [1.82, 2.24) is 9.62 Å².